The predicted octanol–water partition coefficient (Wildman–Crippen LogP) is 4.27. The number of carbonyl (C=O) groups excluding carboxylic acids is 1. The molecule has 5 nitrogen and oxygen atoms in total. The van der Waals surface area contributed by atoms with Crippen LogP contribution < -0.4 is 0 Å². The molecule has 1 aliphatic heterocycles. The van der Waals surface area contributed by atoms with Gasteiger partial charge in [0.15, 0.2) is 0 Å². The van der Waals surface area contributed by atoms with Gasteiger partial charge in [0.25, 0.3) is 11.1 Å². The number of rotatable bonds is 4. The Morgan fingerprint density at radius 2 is 2.08 bits per heavy atom. The monoisotopic (exact) mass is 391 g/mol. The number of hydrogen-bond acceptors (Lipinski definition) is 6. The Kier molecular flexibility index (Phi) is 5.36. The summed E-state index contributed by atoms with van der Waals surface area (Å²) < 4.78 is 5.81. The summed E-state index contributed by atoms with van der Waals surface area (Å²) in [5.41, 5.74) is 1.44. The highest BCUT2D eigenvalue weighted by molar-refractivity contribution is 7.99. The molecular weight excluding hydrogens is 366 g/mol. The Morgan fingerprint density at radius 1 is 1.27 bits per heavy atom. The van der Waals surface area contributed by atoms with Gasteiger partial charge in [-0.2, -0.15) is 0 Å². The van der Waals surface area contributed by atoms with E-state index in [0.29, 0.717) is 16.9 Å². The van der Waals surface area contributed by atoms with E-state index in [0.717, 1.165) is 55.5 Å². The zero-order chi connectivity index (χ0) is 18.1. The molecule has 0 saturated carbocycles. The molecule has 0 radical (unpaired) electrons. The van der Waals surface area contributed by atoms with Crippen molar-refractivity contribution in [3.8, 4) is 10.8 Å². The third-order valence-corrected chi connectivity index (χ3v) is 7.43. The Hall–Kier alpha value is -1.34. The number of nitrogens with zero attached hydrogens (tertiary/aromatic N) is 3. The van der Waals surface area contributed by atoms with E-state index in [-0.39, 0.29) is 5.91 Å². The van der Waals surface area contributed by atoms with E-state index in [2.05, 4.69) is 30.1 Å². The van der Waals surface area contributed by atoms with Crippen molar-refractivity contribution in [1.82, 2.24) is 15.1 Å². The summed E-state index contributed by atoms with van der Waals surface area (Å²) >= 11 is 3.12. The normalized spacial score (nSPS) is 21.0. The van der Waals surface area contributed by atoms with Crippen LogP contribution in [-0.4, -0.2) is 39.8 Å². The molecule has 3 heterocycles. The molecule has 1 saturated heterocycles. The lowest BCUT2D eigenvalue weighted by atomic mass is 9.90. The minimum absolute atomic E-state index is 0.169. The van der Waals surface area contributed by atoms with E-state index in [1.807, 2.05) is 4.90 Å². The maximum Gasteiger partial charge on any atom is 0.277 e. The second kappa shape index (κ2) is 7.72. The zero-order valence-corrected chi connectivity index (χ0v) is 17.0. The molecule has 0 N–H and O–H groups in total. The van der Waals surface area contributed by atoms with Gasteiger partial charge in [0.1, 0.15) is 0 Å². The molecule has 0 bridgehead atoms. The van der Waals surface area contributed by atoms with E-state index >= 15 is 0 Å². The maximum atomic E-state index is 12.3. The van der Waals surface area contributed by atoms with Crippen molar-refractivity contribution in [1.29, 1.82) is 0 Å². The van der Waals surface area contributed by atoms with Gasteiger partial charge in [-0.3, -0.25) is 4.79 Å². The summed E-state index contributed by atoms with van der Waals surface area (Å²) in [7, 11) is 0. The molecule has 26 heavy (non-hydrogen) atoms. The molecule has 2 aromatic heterocycles. The lowest BCUT2D eigenvalue weighted by molar-refractivity contribution is -0.129. The van der Waals surface area contributed by atoms with Crippen molar-refractivity contribution in [3.05, 3.63) is 16.5 Å². The van der Waals surface area contributed by atoms with Crippen LogP contribution in [0, 0.1) is 11.8 Å². The maximum absolute atomic E-state index is 12.3. The molecule has 0 unspecified atom stereocenters. The highest BCUT2D eigenvalue weighted by atomic mass is 32.2. The molecule has 0 aromatic carbocycles. The van der Waals surface area contributed by atoms with Crippen molar-refractivity contribution in [2.45, 2.75) is 51.2 Å². The zero-order valence-electron chi connectivity index (χ0n) is 15.4. The smallest absolute Gasteiger partial charge is 0.277 e. The van der Waals surface area contributed by atoms with Gasteiger partial charge in [0.2, 0.25) is 5.91 Å². The van der Waals surface area contributed by atoms with E-state index in [1.54, 1.807) is 11.3 Å². The number of likely N-dealkylation sites (tertiary alicyclic amines) is 1. The molecule has 7 heteroatoms. The number of aryl methyl sites for hydroxylation is 1. The molecule has 0 spiro atoms. The first-order chi connectivity index (χ1) is 12.6. The van der Waals surface area contributed by atoms with Gasteiger partial charge in [-0.1, -0.05) is 25.6 Å². The summed E-state index contributed by atoms with van der Waals surface area (Å²) in [6, 6.07) is 2.21. The molecule has 1 amide bonds. The fraction of sp³-hybridized carbons (Fsp3) is 0.632. The van der Waals surface area contributed by atoms with E-state index in [9.17, 15) is 4.79 Å². The number of amides is 1. The minimum Gasteiger partial charge on any atom is -0.410 e. The average molecular weight is 392 g/mol. The highest BCUT2D eigenvalue weighted by Crippen LogP contribution is 2.37. The van der Waals surface area contributed by atoms with Gasteiger partial charge >= 0.3 is 0 Å². The summed E-state index contributed by atoms with van der Waals surface area (Å²) in [5, 5.41) is 8.81. The number of thiophene rings is 1. The molecule has 140 valence electrons. The van der Waals surface area contributed by atoms with E-state index in [1.165, 1.54) is 28.6 Å². The highest BCUT2D eigenvalue weighted by Gasteiger charge is 2.23. The minimum atomic E-state index is 0.169. The van der Waals surface area contributed by atoms with Crippen LogP contribution in [-0.2, 0) is 17.6 Å². The van der Waals surface area contributed by atoms with Gasteiger partial charge in [0.05, 0.1) is 10.6 Å². The number of carbonyl (C=O) groups is 1. The van der Waals surface area contributed by atoms with Crippen LogP contribution in [0.4, 0.5) is 0 Å². The quantitative estimate of drug-likeness (QED) is 0.728. The summed E-state index contributed by atoms with van der Waals surface area (Å²) in [6.45, 7) is 6.30. The standard InChI is InChI=1S/C19H25N3O2S2/c1-12-5-7-22(8-6-12)17(23)11-25-19-21-20-18(24-19)16-10-14-9-13(2)3-4-15(14)26-16/h10,12-13H,3-9,11H2,1-2H3/t13-/m1/s1. The fourth-order valence-electron chi connectivity index (χ4n) is 3.65. The van der Waals surface area contributed by atoms with E-state index < -0.39 is 0 Å². The van der Waals surface area contributed by atoms with Crippen molar-refractivity contribution in [3.63, 3.8) is 0 Å². The second-order valence-corrected chi connectivity index (χ2v) is 9.70. The van der Waals surface area contributed by atoms with Gasteiger partial charge in [0, 0.05) is 18.0 Å². The van der Waals surface area contributed by atoms with Gasteiger partial charge in [-0.15, -0.1) is 21.5 Å². The molecular formula is C19H25N3O2S2. The molecule has 2 aliphatic rings. The number of piperidine rings is 1. The lowest BCUT2D eigenvalue weighted by Gasteiger charge is -2.30. The average Bonchev–Trinajstić information content (AvgIpc) is 3.26. The summed E-state index contributed by atoms with van der Waals surface area (Å²) in [5.74, 6) is 2.60. The molecule has 2 aromatic rings. The fourth-order valence-corrected chi connectivity index (χ4v) is 5.45. The number of aromatic nitrogens is 2. The van der Waals surface area contributed by atoms with Crippen molar-refractivity contribution < 1.29 is 9.21 Å². The van der Waals surface area contributed by atoms with Crippen LogP contribution >= 0.6 is 23.1 Å². The largest absolute Gasteiger partial charge is 0.410 e. The van der Waals surface area contributed by atoms with Crippen molar-refractivity contribution in [2.24, 2.45) is 11.8 Å². The van der Waals surface area contributed by atoms with Gasteiger partial charge in [-0.25, -0.2) is 0 Å². The third-order valence-electron chi connectivity index (χ3n) is 5.40. The van der Waals surface area contributed by atoms with Crippen molar-refractivity contribution >= 4 is 29.0 Å². The van der Waals surface area contributed by atoms with Gasteiger partial charge < -0.3 is 9.32 Å². The van der Waals surface area contributed by atoms with E-state index in [4.69, 9.17) is 4.42 Å². The Bertz CT molecular complexity index is 778. The molecule has 1 atom stereocenters. The molecule has 1 aliphatic carbocycles. The first-order valence-corrected chi connectivity index (χ1v) is 11.2. The number of thioether (sulfide) groups is 1. The predicted molar refractivity (Wildman–Crippen MR) is 105 cm³/mol. The van der Waals surface area contributed by atoms with Crippen molar-refractivity contribution in [2.75, 3.05) is 18.8 Å². The van der Waals surface area contributed by atoms with Crippen LogP contribution in [0.1, 0.15) is 43.6 Å². The van der Waals surface area contributed by atoms with Crippen LogP contribution in [0.25, 0.3) is 10.8 Å². The SMILES string of the molecule is CC1CCN(C(=O)CSc2nnc(-c3cc4c(s3)CC[C@@H](C)C4)o2)CC1. The Labute approximate surface area is 162 Å². The van der Waals surface area contributed by atoms with Crippen LogP contribution in [0.2, 0.25) is 0 Å². The van der Waals surface area contributed by atoms with Gasteiger partial charge in [-0.05, 0) is 55.6 Å². The second-order valence-electron chi connectivity index (χ2n) is 7.63. The molecule has 4 rings (SSSR count). The number of hydrogen-bond donors (Lipinski definition) is 0. The Balaban J connectivity index is 1.35. The number of fused-ring (bicyclic) bond motifs is 1. The Morgan fingerprint density at radius 3 is 2.88 bits per heavy atom. The first kappa shape index (κ1) is 18.0. The third kappa shape index (κ3) is 3.98. The topological polar surface area (TPSA) is 59.2 Å². The first-order valence-electron chi connectivity index (χ1n) is 9.44. The van der Waals surface area contributed by atoms with Crippen LogP contribution in [0.15, 0.2) is 15.7 Å². The summed E-state index contributed by atoms with van der Waals surface area (Å²) in [6.07, 6.45) is 5.76. The summed E-state index contributed by atoms with van der Waals surface area (Å²) in [4.78, 5) is 16.8. The molecule has 1 fully saturated rings. The van der Waals surface area contributed by atoms with Crippen LogP contribution in [0.5, 0.6) is 0 Å². The van der Waals surface area contributed by atoms with Crippen LogP contribution in [0.3, 0.4) is 0 Å². The lowest BCUT2D eigenvalue weighted by Crippen LogP contribution is -2.38.